The normalized spacial score (nSPS) is 11.6. The fourth-order valence-electron chi connectivity index (χ4n) is 3.41. The minimum absolute atomic E-state index is 0.590. The van der Waals surface area contributed by atoms with Crippen LogP contribution >= 0.6 is 23.1 Å². The lowest BCUT2D eigenvalue weighted by Crippen LogP contribution is -2.23. The number of hydrogen-bond donors (Lipinski definition) is 0. The van der Waals surface area contributed by atoms with Crippen LogP contribution in [-0.2, 0) is 18.7 Å². The van der Waals surface area contributed by atoms with Gasteiger partial charge in [0.05, 0.1) is 12.3 Å². The lowest BCUT2D eigenvalue weighted by atomic mass is 10.1. The molecule has 4 aromatic rings. The monoisotopic (exact) mass is 453 g/mol. The van der Waals surface area contributed by atoms with Crippen molar-refractivity contribution in [2.45, 2.75) is 51.4 Å². The molecular weight excluding hydrogens is 426 g/mol. The number of thioether (sulfide) groups is 1. The molecule has 0 N–H and O–H groups in total. The predicted octanol–water partition coefficient (Wildman–Crippen LogP) is 5.42. The molecule has 0 fully saturated rings. The Hall–Kier alpha value is -2.29. The van der Waals surface area contributed by atoms with Crippen LogP contribution in [0, 0.1) is 13.8 Å². The van der Waals surface area contributed by atoms with E-state index >= 15 is 0 Å². The van der Waals surface area contributed by atoms with Crippen molar-refractivity contribution in [1.82, 2.24) is 25.0 Å². The number of aryl methyl sites for hydroxylation is 2. The van der Waals surface area contributed by atoms with Crippen LogP contribution in [0.1, 0.15) is 47.4 Å². The molecule has 3 aromatic heterocycles. The highest BCUT2D eigenvalue weighted by molar-refractivity contribution is 7.98. The fourth-order valence-corrected chi connectivity index (χ4v) is 5.46. The molecule has 8 heteroatoms. The summed E-state index contributed by atoms with van der Waals surface area (Å²) >= 11 is 3.39. The van der Waals surface area contributed by atoms with Gasteiger partial charge in [0.25, 0.3) is 0 Å². The molecule has 0 saturated heterocycles. The number of hydrogen-bond acceptors (Lipinski definition) is 8. The molecule has 162 valence electrons. The Kier molecular flexibility index (Phi) is 6.99. The highest BCUT2D eigenvalue weighted by Crippen LogP contribution is 2.36. The number of rotatable bonds is 9. The Morgan fingerprint density at radius 3 is 2.52 bits per heavy atom. The molecule has 0 atom stereocenters. The van der Waals surface area contributed by atoms with Gasteiger partial charge in [-0.1, -0.05) is 61.1 Å². The first-order valence-electron chi connectivity index (χ1n) is 10.5. The van der Waals surface area contributed by atoms with Crippen molar-refractivity contribution >= 4 is 33.3 Å². The fraction of sp³-hybridized carbons (Fsp3) is 0.391. The molecule has 0 aliphatic rings. The Morgan fingerprint density at radius 1 is 1.00 bits per heavy atom. The quantitative estimate of drug-likeness (QED) is 0.248. The summed E-state index contributed by atoms with van der Waals surface area (Å²) in [6.45, 7) is 11.3. The molecule has 6 nitrogen and oxygen atoms in total. The van der Waals surface area contributed by atoms with E-state index in [0.29, 0.717) is 23.9 Å². The summed E-state index contributed by atoms with van der Waals surface area (Å²) in [5.41, 5.74) is 2.43. The van der Waals surface area contributed by atoms with Gasteiger partial charge in [-0.05, 0) is 38.1 Å². The number of aromatic nitrogens is 4. The van der Waals surface area contributed by atoms with Crippen LogP contribution < -0.4 is 0 Å². The smallest absolute Gasteiger partial charge is 0.237 e. The maximum Gasteiger partial charge on any atom is 0.237 e. The van der Waals surface area contributed by atoms with E-state index in [-0.39, 0.29) is 0 Å². The average Bonchev–Trinajstić information content (AvgIpc) is 3.34. The molecule has 31 heavy (non-hydrogen) atoms. The summed E-state index contributed by atoms with van der Waals surface area (Å²) < 4.78 is 5.50. The maximum atomic E-state index is 5.50. The van der Waals surface area contributed by atoms with E-state index < -0.39 is 0 Å². The molecule has 0 saturated carbocycles. The SMILES string of the molecule is CCN(CC)Cc1nc(SCc2nc(Cc3ccccc3)no2)c2c(C)c(C)sc2n1. The van der Waals surface area contributed by atoms with Crippen molar-refractivity contribution in [2.75, 3.05) is 13.1 Å². The van der Waals surface area contributed by atoms with Crippen LogP contribution in [0.25, 0.3) is 10.2 Å². The standard InChI is InChI=1S/C23H27N5OS2/c1-5-28(6-2)13-19-25-22(21-15(3)16(4)31-23(21)26-19)30-14-20-24-18(27-29-20)12-17-10-8-7-9-11-17/h7-11H,5-6,12-14H2,1-4H3. The van der Waals surface area contributed by atoms with Crippen molar-refractivity contribution in [1.29, 1.82) is 0 Å². The van der Waals surface area contributed by atoms with Gasteiger partial charge in [-0.25, -0.2) is 9.97 Å². The van der Waals surface area contributed by atoms with Crippen LogP contribution in [0.5, 0.6) is 0 Å². The molecule has 0 bridgehead atoms. The molecule has 0 unspecified atom stereocenters. The zero-order valence-corrected chi connectivity index (χ0v) is 20.0. The van der Waals surface area contributed by atoms with Crippen molar-refractivity contribution in [3.05, 3.63) is 63.9 Å². The number of nitrogens with zero attached hydrogens (tertiary/aromatic N) is 5. The van der Waals surface area contributed by atoms with Gasteiger partial charge in [0.1, 0.15) is 15.7 Å². The van der Waals surface area contributed by atoms with Crippen LogP contribution in [-0.4, -0.2) is 38.1 Å². The summed E-state index contributed by atoms with van der Waals surface area (Å²) in [5, 5.41) is 6.30. The first kappa shape index (κ1) is 21.9. The topological polar surface area (TPSA) is 67.9 Å². The molecule has 0 spiro atoms. The van der Waals surface area contributed by atoms with E-state index in [4.69, 9.17) is 14.5 Å². The molecular formula is C23H27N5OS2. The van der Waals surface area contributed by atoms with E-state index in [1.807, 2.05) is 18.2 Å². The van der Waals surface area contributed by atoms with Crippen molar-refractivity contribution in [3.63, 3.8) is 0 Å². The van der Waals surface area contributed by atoms with Gasteiger partial charge >= 0.3 is 0 Å². The lowest BCUT2D eigenvalue weighted by Gasteiger charge is -2.17. The largest absolute Gasteiger partial charge is 0.338 e. The predicted molar refractivity (Wildman–Crippen MR) is 127 cm³/mol. The van der Waals surface area contributed by atoms with Gasteiger partial charge in [0.15, 0.2) is 5.82 Å². The van der Waals surface area contributed by atoms with Crippen molar-refractivity contribution < 1.29 is 4.52 Å². The van der Waals surface area contributed by atoms with Crippen LogP contribution in [0.2, 0.25) is 0 Å². The van der Waals surface area contributed by atoms with E-state index in [1.54, 1.807) is 23.1 Å². The van der Waals surface area contributed by atoms with E-state index in [0.717, 1.165) is 40.7 Å². The van der Waals surface area contributed by atoms with E-state index in [9.17, 15) is 0 Å². The van der Waals surface area contributed by atoms with Gasteiger partial charge in [0, 0.05) is 16.7 Å². The highest BCUT2D eigenvalue weighted by Gasteiger charge is 2.17. The van der Waals surface area contributed by atoms with Gasteiger partial charge in [-0.15, -0.1) is 11.3 Å². The molecule has 1 aromatic carbocycles. The second-order valence-corrected chi connectivity index (χ2v) is 9.59. The second kappa shape index (κ2) is 9.89. The van der Waals surface area contributed by atoms with Crippen LogP contribution in [0.4, 0.5) is 0 Å². The Balaban J connectivity index is 1.54. The maximum absolute atomic E-state index is 5.50. The molecule has 0 amide bonds. The number of fused-ring (bicyclic) bond motifs is 1. The highest BCUT2D eigenvalue weighted by atomic mass is 32.2. The minimum Gasteiger partial charge on any atom is -0.338 e. The van der Waals surface area contributed by atoms with Gasteiger partial charge in [-0.2, -0.15) is 4.98 Å². The summed E-state index contributed by atoms with van der Waals surface area (Å²) in [7, 11) is 0. The van der Waals surface area contributed by atoms with E-state index in [2.05, 4.69) is 54.9 Å². The zero-order valence-electron chi connectivity index (χ0n) is 18.4. The Morgan fingerprint density at radius 2 is 1.77 bits per heavy atom. The third kappa shape index (κ3) is 5.14. The lowest BCUT2D eigenvalue weighted by molar-refractivity contribution is 0.288. The summed E-state index contributed by atoms with van der Waals surface area (Å²) in [6, 6.07) is 10.2. The molecule has 0 radical (unpaired) electrons. The summed E-state index contributed by atoms with van der Waals surface area (Å²) in [6.07, 6.45) is 0.670. The number of benzene rings is 1. The van der Waals surface area contributed by atoms with E-state index in [1.165, 1.54) is 16.0 Å². The van der Waals surface area contributed by atoms with Gasteiger partial charge < -0.3 is 4.52 Å². The summed E-state index contributed by atoms with van der Waals surface area (Å²) in [4.78, 5) is 19.0. The molecule has 4 rings (SSSR count). The molecule has 0 aliphatic heterocycles. The van der Waals surface area contributed by atoms with Gasteiger partial charge in [0.2, 0.25) is 5.89 Å². The number of thiophene rings is 1. The minimum atomic E-state index is 0.590. The van der Waals surface area contributed by atoms with Crippen molar-refractivity contribution in [3.8, 4) is 0 Å². The van der Waals surface area contributed by atoms with Gasteiger partial charge in [-0.3, -0.25) is 4.90 Å². The van der Waals surface area contributed by atoms with Crippen molar-refractivity contribution in [2.24, 2.45) is 0 Å². The average molecular weight is 454 g/mol. The Labute approximate surface area is 191 Å². The first-order chi connectivity index (χ1) is 15.1. The van der Waals surface area contributed by atoms with Crippen LogP contribution in [0.3, 0.4) is 0 Å². The third-order valence-electron chi connectivity index (χ3n) is 5.35. The molecule has 3 heterocycles. The first-order valence-corrected chi connectivity index (χ1v) is 12.3. The Bertz CT molecular complexity index is 1150. The van der Waals surface area contributed by atoms with Crippen LogP contribution in [0.15, 0.2) is 39.9 Å². The second-order valence-electron chi connectivity index (χ2n) is 7.43. The summed E-state index contributed by atoms with van der Waals surface area (Å²) in [5.74, 6) is 2.79. The molecule has 0 aliphatic carbocycles. The zero-order chi connectivity index (χ0) is 21.8. The third-order valence-corrected chi connectivity index (χ3v) is 7.41.